The highest BCUT2D eigenvalue weighted by molar-refractivity contribution is 5.87. The van der Waals surface area contributed by atoms with E-state index < -0.39 is 0 Å². The van der Waals surface area contributed by atoms with Crippen molar-refractivity contribution in [2.24, 2.45) is 4.99 Å². The number of aliphatic imine (C=N–C) groups is 1. The van der Waals surface area contributed by atoms with Crippen LogP contribution in [0, 0.1) is 6.92 Å². The number of aryl methyl sites for hydroxylation is 1. The summed E-state index contributed by atoms with van der Waals surface area (Å²) in [5, 5.41) is 0. The molecule has 0 spiro atoms. The molecule has 0 N–H and O–H groups in total. The molecule has 2 rings (SSSR count). The van der Waals surface area contributed by atoms with Crippen LogP contribution in [0.1, 0.15) is 30.0 Å². The smallest absolute Gasteiger partial charge is 0.0630 e. The van der Waals surface area contributed by atoms with Crippen LogP contribution in [0.15, 0.2) is 59.6 Å². The summed E-state index contributed by atoms with van der Waals surface area (Å²) in [5.41, 5.74) is 4.60. The molecule has 1 nitrogen and oxygen atoms in total. The Kier molecular flexibility index (Phi) is 4.68. The van der Waals surface area contributed by atoms with E-state index in [4.69, 9.17) is 0 Å². The summed E-state index contributed by atoms with van der Waals surface area (Å²) in [6.07, 6.45) is 7.29. The molecule has 0 saturated carbocycles. The lowest BCUT2D eigenvalue weighted by Gasteiger charge is -2.00. The van der Waals surface area contributed by atoms with Gasteiger partial charge in [0.05, 0.1) is 5.69 Å². The Hall–Kier alpha value is -2.15. The molecule has 0 bridgehead atoms. The Balaban J connectivity index is 2.23. The summed E-state index contributed by atoms with van der Waals surface area (Å²) in [7, 11) is 0. The second-order valence-corrected chi connectivity index (χ2v) is 4.53. The van der Waals surface area contributed by atoms with E-state index in [0.717, 1.165) is 17.7 Å². The summed E-state index contributed by atoms with van der Waals surface area (Å²) >= 11 is 0. The Bertz CT molecular complexity index is 577. The van der Waals surface area contributed by atoms with E-state index in [9.17, 15) is 0 Å². The largest absolute Gasteiger partial charge is 0.256 e. The van der Waals surface area contributed by atoms with Crippen LogP contribution in [0.2, 0.25) is 0 Å². The number of hydrogen-bond acceptors (Lipinski definition) is 1. The van der Waals surface area contributed by atoms with Gasteiger partial charge >= 0.3 is 0 Å². The minimum absolute atomic E-state index is 0.986. The molecule has 0 aliphatic carbocycles. The predicted octanol–water partition coefficient (Wildman–Crippen LogP) is 5.17. The lowest BCUT2D eigenvalue weighted by molar-refractivity contribution is 1.23. The van der Waals surface area contributed by atoms with Crippen molar-refractivity contribution in [3.05, 3.63) is 71.3 Å². The third-order valence-electron chi connectivity index (χ3n) is 2.92. The molecule has 0 aliphatic rings. The van der Waals surface area contributed by atoms with Crippen molar-refractivity contribution in [2.45, 2.75) is 20.3 Å². The number of benzene rings is 2. The lowest BCUT2D eigenvalue weighted by atomic mass is 10.1. The van der Waals surface area contributed by atoms with Gasteiger partial charge in [0.2, 0.25) is 0 Å². The van der Waals surface area contributed by atoms with Crippen LogP contribution in [0.3, 0.4) is 0 Å². The van der Waals surface area contributed by atoms with Gasteiger partial charge in [-0.3, -0.25) is 4.99 Å². The van der Waals surface area contributed by atoms with Crippen molar-refractivity contribution in [1.82, 2.24) is 0 Å². The topological polar surface area (TPSA) is 12.4 Å². The average Bonchev–Trinajstić information content (AvgIpc) is 2.45. The highest BCUT2D eigenvalue weighted by Crippen LogP contribution is 2.14. The van der Waals surface area contributed by atoms with Gasteiger partial charge in [0.1, 0.15) is 0 Å². The summed E-state index contributed by atoms with van der Waals surface area (Å²) in [5.74, 6) is 0. The van der Waals surface area contributed by atoms with E-state index in [1.165, 1.54) is 11.1 Å². The fourth-order valence-electron chi connectivity index (χ4n) is 1.80. The molecule has 0 unspecified atom stereocenters. The van der Waals surface area contributed by atoms with Gasteiger partial charge < -0.3 is 0 Å². The van der Waals surface area contributed by atoms with Gasteiger partial charge in [0.15, 0.2) is 0 Å². The molecule has 2 aromatic rings. The molecule has 0 aromatic heterocycles. The first-order valence-corrected chi connectivity index (χ1v) is 6.66. The first-order chi connectivity index (χ1) is 9.29. The van der Waals surface area contributed by atoms with Gasteiger partial charge in [-0.1, -0.05) is 61.0 Å². The predicted molar refractivity (Wildman–Crippen MR) is 84.2 cm³/mol. The maximum Gasteiger partial charge on any atom is 0.0630 e. The Labute approximate surface area is 115 Å². The molecule has 0 amide bonds. The van der Waals surface area contributed by atoms with Crippen LogP contribution in [-0.4, -0.2) is 6.21 Å². The normalized spacial score (nSPS) is 11.5. The molecule has 1 heteroatoms. The summed E-state index contributed by atoms with van der Waals surface area (Å²) < 4.78 is 0. The van der Waals surface area contributed by atoms with E-state index in [0.29, 0.717) is 0 Å². The quantitative estimate of drug-likeness (QED) is 0.663. The summed E-state index contributed by atoms with van der Waals surface area (Å²) in [4.78, 5) is 4.53. The zero-order chi connectivity index (χ0) is 13.5. The van der Waals surface area contributed by atoms with Gasteiger partial charge in [-0.25, -0.2) is 0 Å². The Morgan fingerprint density at radius 1 is 0.947 bits per heavy atom. The second-order valence-electron chi connectivity index (χ2n) is 4.53. The van der Waals surface area contributed by atoms with E-state index in [1.54, 1.807) is 0 Å². The average molecular weight is 249 g/mol. The molecular formula is C18H19N. The van der Waals surface area contributed by atoms with E-state index in [1.807, 2.05) is 24.4 Å². The zero-order valence-electron chi connectivity index (χ0n) is 11.5. The fourth-order valence-corrected chi connectivity index (χ4v) is 1.80. The maximum absolute atomic E-state index is 4.53. The summed E-state index contributed by atoms with van der Waals surface area (Å²) in [6.45, 7) is 4.22. The monoisotopic (exact) mass is 249 g/mol. The molecule has 0 fully saturated rings. The highest BCUT2D eigenvalue weighted by Gasteiger charge is 1.95. The third-order valence-corrected chi connectivity index (χ3v) is 2.92. The Morgan fingerprint density at radius 3 is 2.32 bits per heavy atom. The van der Waals surface area contributed by atoms with Crippen LogP contribution >= 0.6 is 0 Å². The molecule has 0 heterocycles. The molecular weight excluding hydrogens is 230 g/mol. The minimum Gasteiger partial charge on any atom is -0.256 e. The third kappa shape index (κ3) is 3.92. The first-order valence-electron chi connectivity index (χ1n) is 6.66. The van der Waals surface area contributed by atoms with Gasteiger partial charge in [0, 0.05) is 6.21 Å². The van der Waals surface area contributed by atoms with Gasteiger partial charge in [-0.2, -0.15) is 0 Å². The second kappa shape index (κ2) is 6.69. The lowest BCUT2D eigenvalue weighted by Crippen LogP contribution is -1.85. The molecule has 0 saturated heterocycles. The van der Waals surface area contributed by atoms with E-state index in [-0.39, 0.29) is 0 Å². The van der Waals surface area contributed by atoms with Crippen LogP contribution in [0.5, 0.6) is 0 Å². The summed E-state index contributed by atoms with van der Waals surface area (Å²) in [6, 6.07) is 16.5. The van der Waals surface area contributed by atoms with Gasteiger partial charge in [-0.15, -0.1) is 0 Å². The fraction of sp³-hybridized carbons (Fsp3) is 0.167. The van der Waals surface area contributed by atoms with E-state index in [2.05, 4.69) is 61.3 Å². The van der Waals surface area contributed by atoms with Gasteiger partial charge in [0.25, 0.3) is 0 Å². The van der Waals surface area contributed by atoms with Crippen molar-refractivity contribution in [2.75, 3.05) is 0 Å². The number of hydrogen-bond donors (Lipinski definition) is 0. The Morgan fingerprint density at radius 2 is 1.63 bits per heavy atom. The van der Waals surface area contributed by atoms with Crippen LogP contribution in [-0.2, 0) is 0 Å². The first kappa shape index (κ1) is 13.3. The number of allylic oxidation sites excluding steroid dienone is 1. The SMILES string of the molecule is CC/C=C\c1ccccc1C=Nc1ccc(C)cc1. The molecule has 0 atom stereocenters. The van der Waals surface area contributed by atoms with Crippen molar-refractivity contribution in [3.8, 4) is 0 Å². The van der Waals surface area contributed by atoms with Crippen LogP contribution in [0.4, 0.5) is 5.69 Å². The molecule has 0 aliphatic heterocycles. The maximum atomic E-state index is 4.53. The van der Waals surface area contributed by atoms with E-state index >= 15 is 0 Å². The number of nitrogens with zero attached hydrogens (tertiary/aromatic N) is 1. The molecule has 96 valence electrons. The molecule has 2 aromatic carbocycles. The number of rotatable bonds is 4. The minimum atomic E-state index is 0.986. The standard InChI is InChI=1S/C18H19N/c1-3-4-7-16-8-5-6-9-17(16)14-19-18-12-10-15(2)11-13-18/h4-14H,3H2,1-2H3/b7-4-,19-14?. The van der Waals surface area contributed by atoms with Crippen molar-refractivity contribution >= 4 is 18.0 Å². The zero-order valence-corrected chi connectivity index (χ0v) is 11.5. The van der Waals surface area contributed by atoms with Crippen LogP contribution < -0.4 is 0 Å². The van der Waals surface area contributed by atoms with Gasteiger partial charge in [-0.05, 0) is 36.6 Å². The van der Waals surface area contributed by atoms with Crippen molar-refractivity contribution in [3.63, 3.8) is 0 Å². The van der Waals surface area contributed by atoms with Crippen molar-refractivity contribution < 1.29 is 0 Å². The molecule has 19 heavy (non-hydrogen) atoms. The molecule has 0 radical (unpaired) electrons. The van der Waals surface area contributed by atoms with Crippen LogP contribution in [0.25, 0.3) is 6.08 Å². The van der Waals surface area contributed by atoms with Crippen molar-refractivity contribution in [1.29, 1.82) is 0 Å². The highest BCUT2D eigenvalue weighted by atomic mass is 14.7.